The van der Waals surface area contributed by atoms with Crippen LogP contribution < -0.4 is 0 Å². The van der Waals surface area contributed by atoms with Gasteiger partial charge in [-0.25, -0.2) is 4.79 Å². The maximum atomic E-state index is 11.3. The Bertz CT molecular complexity index is 615. The number of carboxylic acid groups (broad SMARTS) is 1. The Hall–Kier alpha value is -0.990. The standard InChI is InChI=1S/C18H25NO5S/c20-17(21)16-9-14-15(25-16)1-6-24-18(14)2-4-19(5-3-18)10-13-11-22-7-8-23-12-13/h9,13H,1-8,10-12H2,(H,20,21). The summed E-state index contributed by atoms with van der Waals surface area (Å²) in [5.74, 6) is -0.403. The minimum absolute atomic E-state index is 0.287. The molecule has 0 unspecified atom stereocenters. The third-order valence-corrected chi connectivity index (χ3v) is 6.66. The van der Waals surface area contributed by atoms with Gasteiger partial charge in [-0.15, -0.1) is 11.3 Å². The van der Waals surface area contributed by atoms with E-state index in [0.29, 0.717) is 30.6 Å². The van der Waals surface area contributed by atoms with Crippen molar-refractivity contribution in [1.29, 1.82) is 0 Å². The number of hydrogen-bond donors (Lipinski definition) is 1. The van der Waals surface area contributed by atoms with Crippen LogP contribution in [-0.4, -0.2) is 68.6 Å². The van der Waals surface area contributed by atoms with Gasteiger partial charge in [-0.1, -0.05) is 0 Å². The predicted molar refractivity (Wildman–Crippen MR) is 93.4 cm³/mol. The zero-order chi connectivity index (χ0) is 17.3. The summed E-state index contributed by atoms with van der Waals surface area (Å²) in [5.41, 5.74) is 0.840. The second-order valence-electron chi connectivity index (χ2n) is 7.16. The minimum atomic E-state index is -0.833. The van der Waals surface area contributed by atoms with E-state index in [-0.39, 0.29) is 5.60 Å². The van der Waals surface area contributed by atoms with E-state index in [1.165, 1.54) is 16.2 Å². The number of carboxylic acids is 1. The third kappa shape index (κ3) is 3.61. The summed E-state index contributed by atoms with van der Waals surface area (Å²) in [7, 11) is 0. The van der Waals surface area contributed by atoms with E-state index < -0.39 is 5.97 Å². The van der Waals surface area contributed by atoms with Crippen LogP contribution in [0, 0.1) is 5.92 Å². The number of thiophene rings is 1. The molecule has 1 aromatic heterocycles. The highest BCUT2D eigenvalue weighted by atomic mass is 32.1. The number of aromatic carboxylic acids is 1. The van der Waals surface area contributed by atoms with Gasteiger partial charge in [0.05, 0.1) is 38.6 Å². The van der Waals surface area contributed by atoms with Crippen LogP contribution in [0.15, 0.2) is 6.07 Å². The first-order valence-corrected chi connectivity index (χ1v) is 9.86. The molecule has 0 aromatic carbocycles. The average molecular weight is 367 g/mol. The lowest BCUT2D eigenvalue weighted by Crippen LogP contribution is -2.47. The van der Waals surface area contributed by atoms with Crippen LogP contribution in [0.25, 0.3) is 0 Å². The topological polar surface area (TPSA) is 68.2 Å². The van der Waals surface area contributed by atoms with Crippen LogP contribution in [-0.2, 0) is 26.2 Å². The van der Waals surface area contributed by atoms with Crippen LogP contribution in [0.2, 0.25) is 0 Å². The number of likely N-dealkylation sites (tertiary alicyclic amines) is 1. The van der Waals surface area contributed by atoms with Gasteiger partial charge in [0.1, 0.15) is 4.88 Å². The molecule has 4 rings (SSSR count). The van der Waals surface area contributed by atoms with Crippen LogP contribution >= 0.6 is 11.3 Å². The van der Waals surface area contributed by atoms with Crippen LogP contribution in [0.5, 0.6) is 0 Å². The number of nitrogens with zero attached hydrogens (tertiary/aromatic N) is 1. The number of ether oxygens (including phenoxy) is 3. The molecular weight excluding hydrogens is 342 g/mol. The molecule has 1 spiro atoms. The normalized spacial score (nSPS) is 24.8. The molecule has 1 aromatic rings. The van der Waals surface area contributed by atoms with Gasteiger partial charge in [-0.3, -0.25) is 0 Å². The largest absolute Gasteiger partial charge is 0.477 e. The Balaban J connectivity index is 1.42. The van der Waals surface area contributed by atoms with E-state index in [0.717, 1.165) is 57.7 Å². The lowest BCUT2D eigenvalue weighted by atomic mass is 9.82. The summed E-state index contributed by atoms with van der Waals surface area (Å²) in [4.78, 5) is 15.4. The van der Waals surface area contributed by atoms with Crippen molar-refractivity contribution in [3.63, 3.8) is 0 Å². The van der Waals surface area contributed by atoms with Crippen LogP contribution in [0.3, 0.4) is 0 Å². The van der Waals surface area contributed by atoms with Crippen molar-refractivity contribution < 1.29 is 24.1 Å². The summed E-state index contributed by atoms with van der Waals surface area (Å²) in [6, 6.07) is 1.85. The fourth-order valence-corrected chi connectivity index (χ4v) is 5.24. The first-order valence-electron chi connectivity index (χ1n) is 9.04. The fourth-order valence-electron chi connectivity index (χ4n) is 4.17. The van der Waals surface area contributed by atoms with Gasteiger partial charge in [0, 0.05) is 36.9 Å². The molecule has 0 saturated carbocycles. The van der Waals surface area contributed by atoms with Crippen LogP contribution in [0.4, 0.5) is 0 Å². The van der Waals surface area contributed by atoms with Gasteiger partial charge in [-0.2, -0.15) is 0 Å². The zero-order valence-corrected chi connectivity index (χ0v) is 15.2. The Labute approximate surface area is 151 Å². The van der Waals surface area contributed by atoms with E-state index in [1.54, 1.807) is 0 Å². The molecule has 3 aliphatic rings. The van der Waals surface area contributed by atoms with Crippen molar-refractivity contribution in [2.45, 2.75) is 24.9 Å². The molecule has 0 aliphatic carbocycles. The predicted octanol–water partition coefficient (Wildman–Crippen LogP) is 1.97. The molecule has 6 nitrogen and oxygen atoms in total. The highest BCUT2D eigenvalue weighted by molar-refractivity contribution is 7.14. The molecule has 4 heterocycles. The summed E-state index contributed by atoms with van der Waals surface area (Å²) in [6.07, 6.45) is 2.67. The second kappa shape index (κ2) is 7.32. The molecule has 0 bridgehead atoms. The highest BCUT2D eigenvalue weighted by Crippen LogP contribution is 2.44. The number of carbonyl (C=O) groups is 1. The van der Waals surface area contributed by atoms with Gasteiger partial charge < -0.3 is 24.2 Å². The molecule has 2 fully saturated rings. The van der Waals surface area contributed by atoms with E-state index in [2.05, 4.69) is 4.90 Å². The van der Waals surface area contributed by atoms with Crippen molar-refractivity contribution in [1.82, 2.24) is 4.90 Å². The van der Waals surface area contributed by atoms with E-state index in [4.69, 9.17) is 14.2 Å². The summed E-state index contributed by atoms with van der Waals surface area (Å²) in [5, 5.41) is 9.31. The second-order valence-corrected chi connectivity index (χ2v) is 8.30. The van der Waals surface area contributed by atoms with Gasteiger partial charge in [0.2, 0.25) is 0 Å². The summed E-state index contributed by atoms with van der Waals surface area (Å²) >= 11 is 1.42. The van der Waals surface area contributed by atoms with Crippen molar-refractivity contribution in [3.8, 4) is 0 Å². The minimum Gasteiger partial charge on any atom is -0.477 e. The van der Waals surface area contributed by atoms with E-state index in [9.17, 15) is 9.90 Å². The first-order chi connectivity index (χ1) is 12.2. The fraction of sp³-hybridized carbons (Fsp3) is 0.722. The van der Waals surface area contributed by atoms with Crippen molar-refractivity contribution in [2.75, 3.05) is 52.7 Å². The maximum Gasteiger partial charge on any atom is 0.345 e. The van der Waals surface area contributed by atoms with Crippen molar-refractivity contribution in [2.24, 2.45) is 5.92 Å². The molecule has 0 radical (unpaired) electrons. The Morgan fingerprint density at radius 2 is 1.96 bits per heavy atom. The molecule has 138 valence electrons. The summed E-state index contributed by atoms with van der Waals surface area (Å²) < 4.78 is 17.4. The molecule has 0 amide bonds. The third-order valence-electron chi connectivity index (χ3n) is 5.48. The van der Waals surface area contributed by atoms with E-state index in [1.807, 2.05) is 6.07 Å². The number of rotatable bonds is 3. The van der Waals surface area contributed by atoms with Crippen molar-refractivity contribution >= 4 is 17.3 Å². The van der Waals surface area contributed by atoms with Gasteiger partial charge in [0.15, 0.2) is 0 Å². The summed E-state index contributed by atoms with van der Waals surface area (Å²) in [6.45, 7) is 6.55. The lowest BCUT2D eigenvalue weighted by molar-refractivity contribution is -0.0994. The SMILES string of the molecule is O=C(O)c1cc2c(s1)CCOC21CCN(CC2COCCOC2)CC1. The molecule has 25 heavy (non-hydrogen) atoms. The maximum absolute atomic E-state index is 11.3. The molecule has 3 aliphatic heterocycles. The quantitative estimate of drug-likeness (QED) is 0.881. The Kier molecular flexibility index (Phi) is 5.11. The van der Waals surface area contributed by atoms with Gasteiger partial charge in [-0.05, 0) is 24.5 Å². The monoisotopic (exact) mass is 367 g/mol. The average Bonchev–Trinajstić information content (AvgIpc) is 2.91. The highest BCUT2D eigenvalue weighted by Gasteiger charge is 2.42. The van der Waals surface area contributed by atoms with Gasteiger partial charge in [0.25, 0.3) is 0 Å². The lowest BCUT2D eigenvalue weighted by Gasteiger charge is -2.44. The number of hydrogen-bond acceptors (Lipinski definition) is 6. The Morgan fingerprint density at radius 1 is 1.24 bits per heavy atom. The van der Waals surface area contributed by atoms with Gasteiger partial charge >= 0.3 is 5.97 Å². The number of fused-ring (bicyclic) bond motifs is 2. The smallest absolute Gasteiger partial charge is 0.345 e. The molecule has 2 saturated heterocycles. The van der Waals surface area contributed by atoms with Crippen molar-refractivity contribution in [3.05, 3.63) is 21.4 Å². The molecular formula is C18H25NO5S. The van der Waals surface area contributed by atoms with Crippen LogP contribution in [0.1, 0.15) is 33.0 Å². The molecule has 0 atom stereocenters. The zero-order valence-electron chi connectivity index (χ0n) is 14.4. The van der Waals surface area contributed by atoms with E-state index >= 15 is 0 Å². The molecule has 7 heteroatoms. The Morgan fingerprint density at radius 3 is 2.64 bits per heavy atom. The number of piperidine rings is 1. The first kappa shape index (κ1) is 17.4. The molecule has 1 N–H and O–H groups in total.